The average molecular weight is 420 g/mol. The Labute approximate surface area is 174 Å². The van der Waals surface area contributed by atoms with Gasteiger partial charge in [-0.1, -0.05) is 49.2 Å². The minimum Gasteiger partial charge on any atom is -0.456 e. The molecule has 0 saturated heterocycles. The smallest absolute Gasteiger partial charge is 0.246 e. The Morgan fingerprint density at radius 2 is 1.50 bits per heavy atom. The van der Waals surface area contributed by atoms with E-state index in [-0.39, 0.29) is 4.90 Å². The number of carbonyl (C=O) groups excluding carboxylic acids is 1. The lowest BCUT2D eigenvalue weighted by Crippen LogP contribution is -2.47. The van der Waals surface area contributed by atoms with Crippen molar-refractivity contribution in [1.29, 1.82) is 0 Å². The van der Waals surface area contributed by atoms with Crippen LogP contribution in [0.2, 0.25) is 0 Å². The number of fused-ring (bicyclic) bond motifs is 3. The Morgan fingerprint density at radius 1 is 0.833 bits per heavy atom. The maximum absolute atomic E-state index is 13.5. The van der Waals surface area contributed by atoms with E-state index in [1.807, 2.05) is 30.3 Å². The van der Waals surface area contributed by atoms with Gasteiger partial charge in [-0.25, -0.2) is 8.42 Å². The first kappa shape index (κ1) is 18.9. The summed E-state index contributed by atoms with van der Waals surface area (Å²) in [5.41, 5.74) is 2.06. The van der Waals surface area contributed by atoms with E-state index in [1.54, 1.807) is 42.5 Å². The topological polar surface area (TPSA) is 76.4 Å². The van der Waals surface area contributed by atoms with E-state index >= 15 is 0 Å². The van der Waals surface area contributed by atoms with E-state index in [4.69, 9.17) is 4.42 Å². The van der Waals surface area contributed by atoms with Crippen molar-refractivity contribution in [3.8, 4) is 0 Å². The molecule has 0 spiro atoms. The van der Waals surface area contributed by atoms with Crippen LogP contribution in [0.15, 0.2) is 82.1 Å². The van der Waals surface area contributed by atoms with Gasteiger partial charge < -0.3 is 9.73 Å². The fourth-order valence-electron chi connectivity index (χ4n) is 4.44. The van der Waals surface area contributed by atoms with E-state index in [0.29, 0.717) is 31.4 Å². The average Bonchev–Trinajstić information content (AvgIpc) is 3.40. The Balaban J connectivity index is 1.53. The van der Waals surface area contributed by atoms with Gasteiger partial charge in [-0.15, -0.1) is 0 Å². The van der Waals surface area contributed by atoms with Gasteiger partial charge in [0.05, 0.1) is 4.90 Å². The minimum atomic E-state index is -3.82. The molecule has 4 aromatic rings. The van der Waals surface area contributed by atoms with Crippen molar-refractivity contribution in [3.05, 3.63) is 72.8 Å². The molecular formula is C24H21NO4S. The van der Waals surface area contributed by atoms with Crippen LogP contribution >= 0.6 is 0 Å². The van der Waals surface area contributed by atoms with E-state index in [0.717, 1.165) is 21.9 Å². The highest BCUT2D eigenvalue weighted by Crippen LogP contribution is 2.41. The molecule has 0 atom stereocenters. The monoisotopic (exact) mass is 419 g/mol. The van der Waals surface area contributed by atoms with Crippen LogP contribution in [0.25, 0.3) is 21.9 Å². The van der Waals surface area contributed by atoms with Crippen LogP contribution in [0, 0.1) is 0 Å². The molecule has 1 amide bonds. The maximum Gasteiger partial charge on any atom is 0.246 e. The highest BCUT2D eigenvalue weighted by molar-refractivity contribution is 7.93. The van der Waals surface area contributed by atoms with Gasteiger partial charge in [0.1, 0.15) is 11.2 Å². The Kier molecular flexibility index (Phi) is 4.40. The van der Waals surface area contributed by atoms with Gasteiger partial charge in [-0.05, 0) is 49.2 Å². The van der Waals surface area contributed by atoms with E-state index in [9.17, 15) is 13.2 Å². The fraction of sp³-hybridized carbons (Fsp3) is 0.208. The SMILES string of the molecule is O=C(Nc1ccc2oc3ccccc3c2c1)C1(S(=O)(=O)c2ccccc2)CCCC1. The fourth-order valence-corrected chi connectivity index (χ4v) is 6.53. The number of hydrogen-bond donors (Lipinski definition) is 1. The molecule has 5 nitrogen and oxygen atoms in total. The predicted molar refractivity (Wildman–Crippen MR) is 117 cm³/mol. The molecule has 152 valence electrons. The van der Waals surface area contributed by atoms with Crippen molar-refractivity contribution in [3.63, 3.8) is 0 Å². The normalized spacial score (nSPS) is 16.1. The summed E-state index contributed by atoms with van der Waals surface area (Å²) in [6.07, 6.45) is 2.08. The van der Waals surface area contributed by atoms with Crippen molar-refractivity contribution in [2.24, 2.45) is 0 Å². The third-order valence-corrected chi connectivity index (χ3v) is 8.54. The number of carbonyl (C=O) groups is 1. The van der Waals surface area contributed by atoms with Crippen LogP contribution in [0.5, 0.6) is 0 Å². The summed E-state index contributed by atoms with van der Waals surface area (Å²) in [7, 11) is -3.82. The summed E-state index contributed by atoms with van der Waals surface area (Å²) in [6.45, 7) is 0. The van der Waals surface area contributed by atoms with Gasteiger partial charge in [-0.3, -0.25) is 4.79 Å². The summed E-state index contributed by atoms with van der Waals surface area (Å²) in [5.74, 6) is -0.462. The van der Waals surface area contributed by atoms with Gasteiger partial charge in [0.15, 0.2) is 14.6 Å². The van der Waals surface area contributed by atoms with Crippen LogP contribution in [0.1, 0.15) is 25.7 Å². The standard InChI is InChI=1S/C24H21NO4S/c26-23(24(14-6-7-15-24)30(27,28)18-8-2-1-3-9-18)25-17-12-13-22-20(16-17)19-10-4-5-11-21(19)29-22/h1-5,8-13,16H,6-7,14-15H2,(H,25,26). The van der Waals surface area contributed by atoms with E-state index in [2.05, 4.69) is 5.32 Å². The molecule has 1 aromatic heterocycles. The summed E-state index contributed by atoms with van der Waals surface area (Å²) in [6, 6.07) is 21.4. The van der Waals surface area contributed by atoms with Crippen molar-refractivity contribution in [1.82, 2.24) is 0 Å². The van der Waals surface area contributed by atoms with Crippen molar-refractivity contribution in [2.75, 3.05) is 5.32 Å². The second-order valence-electron chi connectivity index (χ2n) is 7.78. The molecule has 1 N–H and O–H groups in total. The van der Waals surface area contributed by atoms with Gasteiger partial charge in [0, 0.05) is 16.5 Å². The number of anilines is 1. The highest BCUT2D eigenvalue weighted by Gasteiger charge is 2.52. The third kappa shape index (κ3) is 2.82. The number of hydrogen-bond acceptors (Lipinski definition) is 4. The van der Waals surface area contributed by atoms with Crippen molar-refractivity contribution < 1.29 is 17.6 Å². The van der Waals surface area contributed by atoms with Crippen LogP contribution in [0.3, 0.4) is 0 Å². The molecule has 0 aliphatic heterocycles. The molecule has 1 saturated carbocycles. The molecule has 1 aliphatic carbocycles. The van der Waals surface area contributed by atoms with E-state index < -0.39 is 20.5 Å². The molecule has 0 unspecified atom stereocenters. The number of sulfone groups is 1. The second-order valence-corrected chi connectivity index (χ2v) is 10.0. The number of benzene rings is 3. The lowest BCUT2D eigenvalue weighted by atomic mass is 10.1. The van der Waals surface area contributed by atoms with Gasteiger partial charge in [0.2, 0.25) is 5.91 Å². The van der Waals surface area contributed by atoms with Crippen LogP contribution in [-0.2, 0) is 14.6 Å². The minimum absolute atomic E-state index is 0.193. The lowest BCUT2D eigenvalue weighted by Gasteiger charge is -2.27. The maximum atomic E-state index is 13.5. The van der Waals surface area contributed by atoms with Crippen LogP contribution < -0.4 is 5.32 Å². The second kappa shape index (κ2) is 6.99. The number of nitrogens with one attached hydrogen (secondary N) is 1. The highest BCUT2D eigenvalue weighted by atomic mass is 32.2. The first-order valence-electron chi connectivity index (χ1n) is 10.0. The summed E-state index contributed by atoms with van der Waals surface area (Å²) < 4.78 is 31.3. The van der Waals surface area contributed by atoms with Gasteiger partial charge in [0.25, 0.3) is 0 Å². The lowest BCUT2D eigenvalue weighted by molar-refractivity contribution is -0.118. The van der Waals surface area contributed by atoms with Gasteiger partial charge >= 0.3 is 0 Å². The zero-order chi connectivity index (χ0) is 20.8. The van der Waals surface area contributed by atoms with Gasteiger partial charge in [-0.2, -0.15) is 0 Å². The molecule has 30 heavy (non-hydrogen) atoms. The third-order valence-electron chi connectivity index (χ3n) is 6.03. The number of amides is 1. The zero-order valence-corrected chi connectivity index (χ0v) is 17.1. The molecule has 3 aromatic carbocycles. The molecule has 1 heterocycles. The zero-order valence-electron chi connectivity index (χ0n) is 16.3. The quantitative estimate of drug-likeness (QED) is 0.486. The first-order valence-corrected chi connectivity index (χ1v) is 11.5. The van der Waals surface area contributed by atoms with E-state index in [1.165, 1.54) is 0 Å². The summed E-state index contributed by atoms with van der Waals surface area (Å²) >= 11 is 0. The molecular weight excluding hydrogens is 398 g/mol. The molecule has 0 bridgehead atoms. The molecule has 5 rings (SSSR count). The Hall–Kier alpha value is -3.12. The van der Waals surface area contributed by atoms with Crippen molar-refractivity contribution >= 4 is 43.4 Å². The summed E-state index contributed by atoms with van der Waals surface area (Å²) in [4.78, 5) is 13.6. The van der Waals surface area contributed by atoms with Crippen molar-refractivity contribution in [2.45, 2.75) is 35.3 Å². The molecule has 1 aliphatic rings. The Morgan fingerprint density at radius 3 is 2.27 bits per heavy atom. The molecule has 0 radical (unpaired) electrons. The largest absolute Gasteiger partial charge is 0.456 e. The Bertz CT molecular complexity index is 1350. The van der Waals surface area contributed by atoms with Crippen LogP contribution in [-0.4, -0.2) is 19.1 Å². The summed E-state index contributed by atoms with van der Waals surface area (Å²) in [5, 5.41) is 4.73. The first-order chi connectivity index (χ1) is 14.5. The predicted octanol–water partition coefficient (Wildman–Crippen LogP) is 5.31. The number of rotatable bonds is 4. The number of furan rings is 1. The number of para-hydroxylation sites is 1. The molecule has 6 heteroatoms. The molecule has 1 fully saturated rings. The van der Waals surface area contributed by atoms with Crippen LogP contribution in [0.4, 0.5) is 5.69 Å².